The SMILES string of the molecule is CCOC(=O)c1c(NC(=O)CN2CCCCC2CCO)c2cc(OC)ccc2n1C. The van der Waals surface area contributed by atoms with Crippen LogP contribution in [0.4, 0.5) is 5.69 Å². The third-order valence-electron chi connectivity index (χ3n) is 5.70. The highest BCUT2D eigenvalue weighted by Gasteiger charge is 2.27. The molecular formula is C22H31N3O5. The van der Waals surface area contributed by atoms with Gasteiger partial charge >= 0.3 is 5.97 Å². The van der Waals surface area contributed by atoms with Gasteiger partial charge in [-0.25, -0.2) is 4.79 Å². The normalized spacial score (nSPS) is 17.1. The molecule has 1 aromatic carbocycles. The predicted octanol–water partition coefficient (Wildman–Crippen LogP) is 2.54. The fourth-order valence-electron chi connectivity index (χ4n) is 4.22. The van der Waals surface area contributed by atoms with Crippen molar-refractivity contribution in [2.24, 2.45) is 7.05 Å². The van der Waals surface area contributed by atoms with Gasteiger partial charge in [0.1, 0.15) is 5.75 Å². The fourth-order valence-corrected chi connectivity index (χ4v) is 4.22. The van der Waals surface area contributed by atoms with Crippen LogP contribution in [0.1, 0.15) is 43.1 Å². The van der Waals surface area contributed by atoms with Crippen molar-refractivity contribution in [3.8, 4) is 5.75 Å². The summed E-state index contributed by atoms with van der Waals surface area (Å²) >= 11 is 0. The van der Waals surface area contributed by atoms with Crippen molar-refractivity contribution >= 4 is 28.5 Å². The van der Waals surface area contributed by atoms with E-state index in [2.05, 4.69) is 10.2 Å². The lowest BCUT2D eigenvalue weighted by Gasteiger charge is -2.34. The monoisotopic (exact) mass is 417 g/mol. The van der Waals surface area contributed by atoms with E-state index in [1.54, 1.807) is 25.6 Å². The number of aromatic nitrogens is 1. The number of hydrogen-bond donors (Lipinski definition) is 2. The molecule has 0 saturated carbocycles. The summed E-state index contributed by atoms with van der Waals surface area (Å²) in [5.74, 6) is -0.0413. The van der Waals surface area contributed by atoms with E-state index in [0.717, 1.165) is 36.7 Å². The van der Waals surface area contributed by atoms with Crippen LogP contribution in [-0.2, 0) is 16.6 Å². The largest absolute Gasteiger partial charge is 0.497 e. The quantitative estimate of drug-likeness (QED) is 0.641. The summed E-state index contributed by atoms with van der Waals surface area (Å²) in [4.78, 5) is 27.7. The number of nitrogens with one attached hydrogen (secondary N) is 1. The molecule has 30 heavy (non-hydrogen) atoms. The van der Waals surface area contributed by atoms with Crippen LogP contribution >= 0.6 is 0 Å². The molecular weight excluding hydrogens is 386 g/mol. The summed E-state index contributed by atoms with van der Waals surface area (Å²) in [6.45, 7) is 3.14. The number of fused-ring (bicyclic) bond motifs is 1. The molecule has 0 aliphatic carbocycles. The third kappa shape index (κ3) is 4.60. The maximum absolute atomic E-state index is 13.0. The van der Waals surface area contributed by atoms with E-state index in [4.69, 9.17) is 9.47 Å². The molecule has 3 rings (SSSR count). The van der Waals surface area contributed by atoms with Gasteiger partial charge in [-0.15, -0.1) is 0 Å². The van der Waals surface area contributed by atoms with Gasteiger partial charge in [0.25, 0.3) is 0 Å². The first-order valence-electron chi connectivity index (χ1n) is 10.5. The van der Waals surface area contributed by atoms with Crippen molar-refractivity contribution in [3.63, 3.8) is 0 Å². The van der Waals surface area contributed by atoms with Crippen molar-refractivity contribution in [1.82, 2.24) is 9.47 Å². The Balaban J connectivity index is 1.92. The Morgan fingerprint density at radius 1 is 1.30 bits per heavy atom. The molecule has 1 aliphatic heterocycles. The first-order chi connectivity index (χ1) is 14.5. The molecule has 1 saturated heterocycles. The molecule has 1 unspecified atom stereocenters. The van der Waals surface area contributed by atoms with Gasteiger partial charge in [-0.1, -0.05) is 6.42 Å². The zero-order valence-corrected chi connectivity index (χ0v) is 17.9. The van der Waals surface area contributed by atoms with E-state index in [0.29, 0.717) is 23.6 Å². The Kier molecular flexibility index (Phi) is 7.33. The van der Waals surface area contributed by atoms with Gasteiger partial charge in [-0.05, 0) is 50.9 Å². The van der Waals surface area contributed by atoms with Crippen LogP contribution in [0.5, 0.6) is 5.75 Å². The second kappa shape index (κ2) is 9.95. The number of aryl methyl sites for hydroxylation is 1. The number of hydrogen-bond acceptors (Lipinski definition) is 6. The summed E-state index contributed by atoms with van der Waals surface area (Å²) in [6, 6.07) is 5.68. The van der Waals surface area contributed by atoms with Crippen LogP contribution in [0.25, 0.3) is 10.9 Å². The van der Waals surface area contributed by atoms with Crippen LogP contribution in [-0.4, -0.2) is 65.9 Å². The summed E-state index contributed by atoms with van der Waals surface area (Å²) in [5, 5.41) is 13.0. The average molecular weight is 418 g/mol. The topological polar surface area (TPSA) is 93.0 Å². The minimum Gasteiger partial charge on any atom is -0.497 e. The Hall–Kier alpha value is -2.58. The summed E-state index contributed by atoms with van der Waals surface area (Å²) < 4.78 is 12.3. The maximum Gasteiger partial charge on any atom is 0.357 e. The van der Waals surface area contributed by atoms with Crippen molar-refractivity contribution in [2.75, 3.05) is 38.7 Å². The number of carbonyl (C=O) groups excluding carboxylic acids is 2. The molecule has 0 spiro atoms. The van der Waals surface area contributed by atoms with Crippen molar-refractivity contribution < 1.29 is 24.2 Å². The number of aliphatic hydroxyl groups is 1. The van der Waals surface area contributed by atoms with E-state index in [9.17, 15) is 14.7 Å². The molecule has 2 N–H and O–H groups in total. The van der Waals surface area contributed by atoms with Crippen LogP contribution in [0.3, 0.4) is 0 Å². The van der Waals surface area contributed by atoms with Gasteiger partial charge in [-0.2, -0.15) is 0 Å². The molecule has 8 heteroatoms. The molecule has 0 bridgehead atoms. The van der Waals surface area contributed by atoms with Gasteiger partial charge in [0, 0.05) is 25.1 Å². The number of methoxy groups -OCH3 is 1. The molecule has 1 aliphatic rings. The number of likely N-dealkylation sites (tertiary alicyclic amines) is 1. The lowest BCUT2D eigenvalue weighted by Crippen LogP contribution is -2.44. The van der Waals surface area contributed by atoms with E-state index in [1.807, 2.05) is 18.2 Å². The molecule has 164 valence electrons. The molecule has 2 aromatic rings. The van der Waals surface area contributed by atoms with Crippen LogP contribution in [0, 0.1) is 0 Å². The average Bonchev–Trinajstić information content (AvgIpc) is 3.00. The van der Waals surface area contributed by atoms with Crippen molar-refractivity contribution in [2.45, 2.75) is 38.6 Å². The van der Waals surface area contributed by atoms with Gasteiger partial charge in [0.15, 0.2) is 5.69 Å². The van der Waals surface area contributed by atoms with Crippen LogP contribution in [0.2, 0.25) is 0 Å². The Morgan fingerprint density at radius 3 is 2.80 bits per heavy atom. The highest BCUT2D eigenvalue weighted by Crippen LogP contribution is 2.34. The van der Waals surface area contributed by atoms with E-state index >= 15 is 0 Å². The zero-order chi connectivity index (χ0) is 21.7. The van der Waals surface area contributed by atoms with E-state index < -0.39 is 5.97 Å². The minimum absolute atomic E-state index is 0.110. The molecule has 1 aromatic heterocycles. The molecule has 0 radical (unpaired) electrons. The van der Waals surface area contributed by atoms with Crippen LogP contribution < -0.4 is 10.1 Å². The minimum atomic E-state index is -0.485. The Labute approximate surface area is 176 Å². The van der Waals surface area contributed by atoms with Gasteiger partial charge in [-0.3, -0.25) is 9.69 Å². The maximum atomic E-state index is 13.0. The van der Waals surface area contributed by atoms with Crippen molar-refractivity contribution in [1.29, 1.82) is 0 Å². The highest BCUT2D eigenvalue weighted by atomic mass is 16.5. The van der Waals surface area contributed by atoms with E-state index in [1.165, 1.54) is 0 Å². The first kappa shape index (κ1) is 22.1. The third-order valence-corrected chi connectivity index (χ3v) is 5.70. The van der Waals surface area contributed by atoms with Gasteiger partial charge in [0.05, 0.1) is 31.5 Å². The van der Waals surface area contributed by atoms with Crippen molar-refractivity contribution in [3.05, 3.63) is 23.9 Å². The van der Waals surface area contributed by atoms with Gasteiger partial charge in [0.2, 0.25) is 5.91 Å². The second-order valence-electron chi connectivity index (χ2n) is 7.57. The Morgan fingerprint density at radius 2 is 2.10 bits per heavy atom. The van der Waals surface area contributed by atoms with E-state index in [-0.39, 0.29) is 31.7 Å². The van der Waals surface area contributed by atoms with Gasteiger partial charge < -0.3 is 24.5 Å². The van der Waals surface area contributed by atoms with Crippen LogP contribution in [0.15, 0.2) is 18.2 Å². The number of esters is 1. The molecule has 8 nitrogen and oxygen atoms in total. The second-order valence-corrected chi connectivity index (χ2v) is 7.57. The highest BCUT2D eigenvalue weighted by molar-refractivity contribution is 6.12. The number of amides is 1. The summed E-state index contributed by atoms with van der Waals surface area (Å²) in [5.41, 5.74) is 1.54. The number of rotatable bonds is 8. The smallest absolute Gasteiger partial charge is 0.357 e. The summed E-state index contributed by atoms with van der Waals surface area (Å²) in [7, 11) is 3.35. The lowest BCUT2D eigenvalue weighted by molar-refractivity contribution is -0.118. The number of benzene rings is 1. The molecule has 1 atom stereocenters. The number of piperidine rings is 1. The number of ether oxygens (including phenoxy) is 2. The first-order valence-corrected chi connectivity index (χ1v) is 10.5. The number of anilines is 1. The molecule has 1 fully saturated rings. The molecule has 2 heterocycles. The number of aliphatic hydroxyl groups excluding tert-OH is 1. The fraction of sp³-hybridized carbons (Fsp3) is 0.545. The number of carbonyl (C=O) groups is 2. The molecule has 1 amide bonds. The predicted molar refractivity (Wildman–Crippen MR) is 115 cm³/mol. The summed E-state index contributed by atoms with van der Waals surface area (Å²) in [6.07, 6.45) is 3.79. The lowest BCUT2D eigenvalue weighted by atomic mass is 9.99. The Bertz CT molecular complexity index is 906. The zero-order valence-electron chi connectivity index (χ0n) is 17.9. The standard InChI is InChI=1S/C22H31N3O5/c1-4-30-22(28)21-20(17-13-16(29-3)8-9-18(17)24(21)2)23-19(27)14-25-11-6-5-7-15(25)10-12-26/h8-9,13,15,26H,4-7,10-12,14H2,1-3H3,(H,23,27). The number of nitrogens with zero attached hydrogens (tertiary/aromatic N) is 2.